The number of carbonyl (C=O) groups is 2. The van der Waals surface area contributed by atoms with Crippen LogP contribution in [0.15, 0.2) is 12.1 Å². The molecule has 0 saturated heterocycles. The first-order chi connectivity index (χ1) is 14.0. The average molecular weight is 423 g/mol. The van der Waals surface area contributed by atoms with Gasteiger partial charge in [-0.1, -0.05) is 19.3 Å². The molecule has 6 heteroatoms. The van der Waals surface area contributed by atoms with Gasteiger partial charge in [-0.25, -0.2) is 0 Å². The zero-order valence-electron chi connectivity index (χ0n) is 18.9. The van der Waals surface area contributed by atoms with Gasteiger partial charge in [0.05, 0.1) is 5.41 Å². The Morgan fingerprint density at radius 2 is 1.37 bits per heavy atom. The molecule has 0 aliphatic rings. The van der Waals surface area contributed by atoms with Gasteiger partial charge in [-0.2, -0.15) is 0 Å². The normalized spacial score (nSPS) is 12.0. The molecule has 0 radical (unpaired) electrons. The molecular formula is C24H38O6. The number of ether oxygens (including phenoxy) is 1. The van der Waals surface area contributed by atoms with Gasteiger partial charge >= 0.3 is 5.97 Å². The number of aromatic hydroxyl groups is 2. The molecule has 1 aromatic carbocycles. The molecule has 0 spiro atoms. The fourth-order valence-corrected chi connectivity index (χ4v) is 3.47. The average Bonchev–Trinajstić information content (AvgIpc) is 2.64. The molecule has 30 heavy (non-hydrogen) atoms. The van der Waals surface area contributed by atoms with Gasteiger partial charge in [0.1, 0.15) is 17.1 Å². The number of benzene rings is 1. The third-order valence-corrected chi connectivity index (χ3v) is 5.70. The second-order valence-corrected chi connectivity index (χ2v) is 9.39. The Morgan fingerprint density at radius 1 is 0.867 bits per heavy atom. The molecule has 1 rings (SSSR count). The number of phenols is 2. The molecular weight excluding hydrogens is 384 g/mol. The molecule has 0 fully saturated rings. The Morgan fingerprint density at radius 3 is 1.90 bits per heavy atom. The van der Waals surface area contributed by atoms with Crippen molar-refractivity contribution in [3.8, 4) is 11.5 Å². The van der Waals surface area contributed by atoms with Crippen molar-refractivity contribution in [1.29, 1.82) is 0 Å². The summed E-state index contributed by atoms with van der Waals surface area (Å²) in [6.45, 7) is 7.73. The summed E-state index contributed by atoms with van der Waals surface area (Å²) in [6, 6.07) is 3.30. The predicted octanol–water partition coefficient (Wildman–Crippen LogP) is 5.37. The summed E-state index contributed by atoms with van der Waals surface area (Å²) in [5, 5.41) is 29.4. The highest BCUT2D eigenvalue weighted by Crippen LogP contribution is 2.31. The van der Waals surface area contributed by atoms with E-state index >= 15 is 0 Å². The summed E-state index contributed by atoms with van der Waals surface area (Å²) < 4.78 is 5.05. The Balaban J connectivity index is 2.45. The zero-order chi connectivity index (χ0) is 22.8. The highest BCUT2D eigenvalue weighted by Gasteiger charge is 2.25. The SMILES string of the molecule is CC(C)(CCCCc1cc(CCCCCCC(C)(C)C(=O)O)c(O)cc1O)OC=O. The number of hydrogen-bond donors (Lipinski definition) is 3. The number of aliphatic carboxylic acids is 1. The van der Waals surface area contributed by atoms with Crippen LogP contribution in [0.5, 0.6) is 11.5 Å². The summed E-state index contributed by atoms with van der Waals surface area (Å²) in [4.78, 5) is 21.6. The van der Waals surface area contributed by atoms with E-state index in [1.165, 1.54) is 6.07 Å². The Kier molecular flexibility index (Phi) is 10.2. The molecule has 0 unspecified atom stereocenters. The topological polar surface area (TPSA) is 104 Å². The second-order valence-electron chi connectivity index (χ2n) is 9.39. The third kappa shape index (κ3) is 9.06. The monoisotopic (exact) mass is 422 g/mol. The molecule has 0 bridgehead atoms. The van der Waals surface area contributed by atoms with Crippen LogP contribution in [0, 0.1) is 5.41 Å². The molecule has 0 aromatic heterocycles. The number of phenolic OH excluding ortho intramolecular Hbond substituents is 2. The lowest BCUT2D eigenvalue weighted by atomic mass is 9.87. The quantitative estimate of drug-likeness (QED) is 0.259. The number of hydrogen-bond acceptors (Lipinski definition) is 5. The maximum Gasteiger partial charge on any atom is 0.309 e. The predicted molar refractivity (Wildman–Crippen MR) is 117 cm³/mol. The molecule has 0 saturated carbocycles. The smallest absolute Gasteiger partial charge is 0.309 e. The summed E-state index contributed by atoms with van der Waals surface area (Å²) >= 11 is 0. The summed E-state index contributed by atoms with van der Waals surface area (Å²) in [5.74, 6) is -0.539. The standard InChI is InChI=1S/C24H38O6/c1-23(2,22(28)29)13-9-6-5-7-11-18-15-19(21(27)16-20(18)26)12-8-10-14-24(3,4)30-17-25/h15-17,26-27H,5-14H2,1-4H3,(H,28,29). The van der Waals surface area contributed by atoms with E-state index < -0.39 is 17.0 Å². The van der Waals surface area contributed by atoms with E-state index in [-0.39, 0.29) is 11.5 Å². The third-order valence-electron chi connectivity index (χ3n) is 5.70. The molecule has 170 valence electrons. The van der Waals surface area contributed by atoms with E-state index in [9.17, 15) is 19.8 Å². The van der Waals surface area contributed by atoms with Gasteiger partial charge in [0.2, 0.25) is 0 Å². The Bertz CT molecular complexity index is 693. The maximum atomic E-state index is 11.1. The van der Waals surface area contributed by atoms with Crippen LogP contribution in [-0.2, 0) is 27.2 Å². The zero-order valence-corrected chi connectivity index (χ0v) is 18.9. The molecule has 1 aromatic rings. The summed E-state index contributed by atoms with van der Waals surface area (Å²) in [6.07, 6.45) is 8.24. The van der Waals surface area contributed by atoms with Crippen molar-refractivity contribution in [3.05, 3.63) is 23.3 Å². The molecule has 0 amide bonds. The minimum atomic E-state index is -0.760. The van der Waals surface area contributed by atoms with Gasteiger partial charge in [0, 0.05) is 6.07 Å². The van der Waals surface area contributed by atoms with Crippen LogP contribution in [0.25, 0.3) is 0 Å². The highest BCUT2D eigenvalue weighted by molar-refractivity contribution is 5.73. The van der Waals surface area contributed by atoms with Crippen LogP contribution < -0.4 is 0 Å². The van der Waals surface area contributed by atoms with Crippen LogP contribution in [0.2, 0.25) is 0 Å². The summed E-state index contributed by atoms with van der Waals surface area (Å²) in [7, 11) is 0. The van der Waals surface area contributed by atoms with Gasteiger partial charge in [-0.15, -0.1) is 0 Å². The van der Waals surface area contributed by atoms with Crippen LogP contribution >= 0.6 is 0 Å². The van der Waals surface area contributed by atoms with Gasteiger partial charge in [0.15, 0.2) is 0 Å². The van der Waals surface area contributed by atoms with Gasteiger partial charge < -0.3 is 20.1 Å². The first kappa shape index (κ1) is 25.8. The fraction of sp³-hybridized carbons (Fsp3) is 0.667. The van der Waals surface area contributed by atoms with Crippen molar-refractivity contribution < 1.29 is 29.6 Å². The summed E-state index contributed by atoms with van der Waals surface area (Å²) in [5.41, 5.74) is 0.487. The maximum absolute atomic E-state index is 11.1. The molecule has 0 aliphatic heterocycles. The number of carboxylic acid groups (broad SMARTS) is 1. The van der Waals surface area contributed by atoms with E-state index in [1.54, 1.807) is 13.8 Å². The van der Waals surface area contributed by atoms with Crippen molar-refractivity contribution in [2.45, 2.75) is 97.5 Å². The lowest BCUT2D eigenvalue weighted by Gasteiger charge is -2.22. The number of carboxylic acids is 1. The fourth-order valence-electron chi connectivity index (χ4n) is 3.47. The highest BCUT2D eigenvalue weighted by atomic mass is 16.5. The van der Waals surface area contributed by atoms with Crippen LogP contribution in [-0.4, -0.2) is 33.4 Å². The van der Waals surface area contributed by atoms with Crippen LogP contribution in [0.3, 0.4) is 0 Å². The van der Waals surface area contributed by atoms with Crippen molar-refractivity contribution in [1.82, 2.24) is 0 Å². The van der Waals surface area contributed by atoms with E-state index in [4.69, 9.17) is 9.84 Å². The molecule has 0 atom stereocenters. The second kappa shape index (κ2) is 11.8. The van der Waals surface area contributed by atoms with Gasteiger partial charge in [0.25, 0.3) is 6.47 Å². The molecule has 3 N–H and O–H groups in total. The first-order valence-corrected chi connectivity index (χ1v) is 10.9. The van der Waals surface area contributed by atoms with E-state index in [0.717, 1.165) is 62.5 Å². The van der Waals surface area contributed by atoms with E-state index in [1.807, 2.05) is 19.9 Å². The largest absolute Gasteiger partial charge is 0.508 e. The van der Waals surface area contributed by atoms with E-state index in [2.05, 4.69) is 0 Å². The molecule has 6 nitrogen and oxygen atoms in total. The number of aryl methyl sites for hydroxylation is 2. The minimum Gasteiger partial charge on any atom is -0.508 e. The van der Waals surface area contributed by atoms with Crippen molar-refractivity contribution in [2.24, 2.45) is 5.41 Å². The minimum absolute atomic E-state index is 0.107. The Labute approximate surface area is 180 Å². The van der Waals surface area contributed by atoms with E-state index in [0.29, 0.717) is 19.3 Å². The lowest BCUT2D eigenvalue weighted by Crippen LogP contribution is -2.23. The number of unbranched alkanes of at least 4 members (excludes halogenated alkanes) is 4. The van der Waals surface area contributed by atoms with Gasteiger partial charge in [-0.05, 0) is 89.8 Å². The van der Waals surface area contributed by atoms with Gasteiger partial charge in [-0.3, -0.25) is 9.59 Å². The molecule has 0 heterocycles. The Hall–Kier alpha value is -2.24. The number of rotatable bonds is 15. The van der Waals surface area contributed by atoms with Crippen LogP contribution in [0.1, 0.15) is 90.2 Å². The van der Waals surface area contributed by atoms with Crippen LogP contribution in [0.4, 0.5) is 0 Å². The molecule has 0 aliphatic carbocycles. The number of carbonyl (C=O) groups excluding carboxylic acids is 1. The van der Waals surface area contributed by atoms with Crippen molar-refractivity contribution in [2.75, 3.05) is 0 Å². The van der Waals surface area contributed by atoms with Crippen molar-refractivity contribution >= 4 is 12.4 Å². The first-order valence-electron chi connectivity index (χ1n) is 10.9. The van der Waals surface area contributed by atoms with Crippen molar-refractivity contribution in [3.63, 3.8) is 0 Å². The lowest BCUT2D eigenvalue weighted by molar-refractivity contribution is -0.147.